The lowest BCUT2D eigenvalue weighted by molar-refractivity contribution is -0.116. The molecule has 0 aliphatic carbocycles. The first kappa shape index (κ1) is 23.2. The van der Waals surface area contributed by atoms with Crippen LogP contribution in [0.3, 0.4) is 0 Å². The van der Waals surface area contributed by atoms with Crippen molar-refractivity contribution in [3.63, 3.8) is 0 Å². The van der Waals surface area contributed by atoms with Gasteiger partial charge in [0.2, 0.25) is 11.8 Å². The quantitative estimate of drug-likeness (QED) is 0.469. The highest BCUT2D eigenvalue weighted by molar-refractivity contribution is 8.00. The normalized spacial score (nSPS) is 11.6. The number of aryl methyl sites for hydroxylation is 2. The number of rotatable bonds is 7. The van der Waals surface area contributed by atoms with Crippen LogP contribution in [-0.4, -0.2) is 32.2 Å². The van der Waals surface area contributed by atoms with Gasteiger partial charge in [0.05, 0.1) is 10.9 Å². The molecule has 0 bridgehead atoms. The van der Waals surface area contributed by atoms with Gasteiger partial charge >= 0.3 is 0 Å². The van der Waals surface area contributed by atoms with Gasteiger partial charge in [-0.1, -0.05) is 48.5 Å². The Morgan fingerprint density at radius 1 is 1.06 bits per heavy atom. The number of carbonyl (C=O) groups excluding carboxylic acids is 2. The number of thioether (sulfide) groups is 1. The Bertz CT molecular complexity index is 1210. The van der Waals surface area contributed by atoms with Crippen molar-refractivity contribution in [2.24, 2.45) is 0 Å². The summed E-state index contributed by atoms with van der Waals surface area (Å²) in [5, 5.41) is 13.6. The van der Waals surface area contributed by atoms with Crippen molar-refractivity contribution in [1.82, 2.24) is 15.2 Å². The first-order chi connectivity index (χ1) is 15.3. The molecule has 2 amide bonds. The Morgan fingerprint density at radius 3 is 2.50 bits per heavy atom. The van der Waals surface area contributed by atoms with Crippen LogP contribution in [0.1, 0.15) is 31.4 Å². The van der Waals surface area contributed by atoms with Crippen molar-refractivity contribution in [2.45, 2.75) is 44.5 Å². The van der Waals surface area contributed by atoms with Crippen LogP contribution in [0.2, 0.25) is 0 Å². The Balaban J connectivity index is 1.79. The van der Waals surface area contributed by atoms with Gasteiger partial charge in [0.1, 0.15) is 0 Å². The first-order valence-electron chi connectivity index (χ1n) is 10.2. The highest BCUT2D eigenvalue weighted by Crippen LogP contribution is 2.26. The van der Waals surface area contributed by atoms with E-state index in [0.29, 0.717) is 17.7 Å². The molecule has 0 spiro atoms. The van der Waals surface area contributed by atoms with E-state index < -0.39 is 10.8 Å². The van der Waals surface area contributed by atoms with Gasteiger partial charge in [-0.05, 0) is 44.5 Å². The number of aromatic nitrogens is 3. The van der Waals surface area contributed by atoms with Gasteiger partial charge in [-0.2, -0.15) is 0 Å². The third-order valence-electron chi connectivity index (χ3n) is 4.76. The molecule has 0 saturated carbocycles. The SMILES string of the molecule is CCC(=O)Nc1ccc(C)cc1-c1nnc(S[C@@H](C)C(=O)Nc2ccccc2C)[nH]c1=O. The fourth-order valence-electron chi connectivity index (χ4n) is 2.92. The number of benzene rings is 2. The molecule has 0 unspecified atom stereocenters. The number of carbonyl (C=O) groups is 2. The maximum atomic E-state index is 12.8. The monoisotopic (exact) mass is 451 g/mol. The number of amides is 2. The highest BCUT2D eigenvalue weighted by Gasteiger charge is 2.19. The Morgan fingerprint density at radius 2 is 1.81 bits per heavy atom. The van der Waals surface area contributed by atoms with E-state index in [1.807, 2.05) is 44.2 Å². The van der Waals surface area contributed by atoms with E-state index >= 15 is 0 Å². The van der Waals surface area contributed by atoms with Crippen LogP contribution >= 0.6 is 11.8 Å². The number of anilines is 2. The molecule has 0 radical (unpaired) electrons. The number of para-hydroxylation sites is 1. The molecule has 1 atom stereocenters. The maximum Gasteiger partial charge on any atom is 0.278 e. The summed E-state index contributed by atoms with van der Waals surface area (Å²) < 4.78 is 0. The molecule has 166 valence electrons. The largest absolute Gasteiger partial charge is 0.325 e. The molecule has 0 aliphatic rings. The molecule has 0 saturated heterocycles. The molecule has 1 aromatic heterocycles. The molecule has 3 aromatic rings. The van der Waals surface area contributed by atoms with Crippen molar-refractivity contribution in [1.29, 1.82) is 0 Å². The predicted molar refractivity (Wildman–Crippen MR) is 127 cm³/mol. The Labute approximate surface area is 190 Å². The first-order valence-corrected chi connectivity index (χ1v) is 11.1. The molecule has 3 rings (SSSR count). The predicted octanol–water partition coefficient (Wildman–Crippen LogP) is 3.92. The van der Waals surface area contributed by atoms with E-state index in [1.165, 1.54) is 0 Å². The average Bonchev–Trinajstić information content (AvgIpc) is 2.76. The van der Waals surface area contributed by atoms with Gasteiger partial charge < -0.3 is 10.6 Å². The van der Waals surface area contributed by atoms with Crippen molar-refractivity contribution in [2.75, 3.05) is 10.6 Å². The van der Waals surface area contributed by atoms with Crippen molar-refractivity contribution >= 4 is 35.0 Å². The smallest absolute Gasteiger partial charge is 0.278 e. The third-order valence-corrected chi connectivity index (χ3v) is 5.74. The molecule has 8 nitrogen and oxygen atoms in total. The molecule has 3 N–H and O–H groups in total. The minimum absolute atomic E-state index is 0.0986. The summed E-state index contributed by atoms with van der Waals surface area (Å²) >= 11 is 1.11. The summed E-state index contributed by atoms with van der Waals surface area (Å²) in [5.41, 5.74) is 3.24. The van der Waals surface area contributed by atoms with Gasteiger partial charge in [0.15, 0.2) is 10.9 Å². The number of hydrogen-bond acceptors (Lipinski definition) is 6. The van der Waals surface area contributed by atoms with E-state index in [2.05, 4.69) is 25.8 Å². The second-order valence-electron chi connectivity index (χ2n) is 7.32. The lowest BCUT2D eigenvalue weighted by atomic mass is 10.1. The zero-order chi connectivity index (χ0) is 23.3. The summed E-state index contributed by atoms with van der Waals surface area (Å²) in [7, 11) is 0. The second kappa shape index (κ2) is 10.2. The van der Waals surface area contributed by atoms with Crippen LogP contribution in [0.25, 0.3) is 11.3 Å². The number of H-pyrrole nitrogens is 1. The lowest BCUT2D eigenvalue weighted by Gasteiger charge is -2.13. The number of nitrogens with one attached hydrogen (secondary N) is 3. The number of aromatic amines is 1. The molecule has 1 heterocycles. The summed E-state index contributed by atoms with van der Waals surface area (Å²) in [4.78, 5) is 39.8. The van der Waals surface area contributed by atoms with E-state index in [1.54, 1.807) is 26.0 Å². The van der Waals surface area contributed by atoms with Crippen LogP contribution in [-0.2, 0) is 9.59 Å². The van der Waals surface area contributed by atoms with Crippen molar-refractivity contribution in [3.8, 4) is 11.3 Å². The van der Waals surface area contributed by atoms with Crippen LogP contribution in [0.5, 0.6) is 0 Å². The zero-order valence-electron chi connectivity index (χ0n) is 18.4. The minimum Gasteiger partial charge on any atom is -0.325 e. The van der Waals surface area contributed by atoms with Gasteiger partial charge in [-0.15, -0.1) is 10.2 Å². The maximum absolute atomic E-state index is 12.8. The van der Waals surface area contributed by atoms with Crippen LogP contribution < -0.4 is 16.2 Å². The van der Waals surface area contributed by atoms with Crippen LogP contribution in [0, 0.1) is 13.8 Å². The fraction of sp³-hybridized carbons (Fsp3) is 0.261. The molecule has 0 fully saturated rings. The van der Waals surface area contributed by atoms with E-state index in [0.717, 1.165) is 28.6 Å². The van der Waals surface area contributed by atoms with Crippen molar-refractivity contribution < 1.29 is 9.59 Å². The third kappa shape index (κ3) is 5.61. The molecular formula is C23H25N5O3S. The number of hydrogen-bond donors (Lipinski definition) is 3. The molecule has 2 aromatic carbocycles. The summed E-state index contributed by atoms with van der Waals surface area (Å²) in [5.74, 6) is -0.376. The van der Waals surface area contributed by atoms with E-state index in [9.17, 15) is 14.4 Å². The fourth-order valence-corrected chi connectivity index (χ4v) is 3.66. The van der Waals surface area contributed by atoms with Gasteiger partial charge in [-0.25, -0.2) is 0 Å². The average molecular weight is 452 g/mol. The molecular weight excluding hydrogens is 426 g/mol. The van der Waals surface area contributed by atoms with Crippen LogP contribution in [0.4, 0.5) is 11.4 Å². The van der Waals surface area contributed by atoms with E-state index in [4.69, 9.17) is 0 Å². The van der Waals surface area contributed by atoms with E-state index in [-0.39, 0.29) is 22.7 Å². The summed E-state index contributed by atoms with van der Waals surface area (Å²) in [6.45, 7) is 7.27. The lowest BCUT2D eigenvalue weighted by Crippen LogP contribution is -2.24. The zero-order valence-corrected chi connectivity index (χ0v) is 19.2. The van der Waals surface area contributed by atoms with Gasteiger partial charge in [-0.3, -0.25) is 19.4 Å². The van der Waals surface area contributed by atoms with Crippen LogP contribution in [0.15, 0.2) is 52.4 Å². The second-order valence-corrected chi connectivity index (χ2v) is 8.65. The Kier molecular flexibility index (Phi) is 7.42. The summed E-state index contributed by atoms with van der Waals surface area (Å²) in [6.07, 6.45) is 0.313. The number of nitrogens with zero attached hydrogens (tertiary/aromatic N) is 2. The molecule has 32 heavy (non-hydrogen) atoms. The summed E-state index contributed by atoms with van der Waals surface area (Å²) in [6, 6.07) is 12.9. The minimum atomic E-state index is -0.510. The standard InChI is InChI=1S/C23H25N5O3S/c1-5-19(29)24-18-11-10-13(2)12-16(18)20-22(31)26-23(28-27-20)32-15(4)21(30)25-17-9-7-6-8-14(17)3/h6-12,15H,5H2,1-4H3,(H,24,29)(H,25,30)(H,26,28,31)/t15-/m0/s1. The molecule has 9 heteroatoms. The van der Waals surface area contributed by atoms with Crippen molar-refractivity contribution in [3.05, 3.63) is 63.9 Å². The highest BCUT2D eigenvalue weighted by atomic mass is 32.2. The van der Waals surface area contributed by atoms with Gasteiger partial charge in [0.25, 0.3) is 5.56 Å². The topological polar surface area (TPSA) is 117 Å². The Hall–Kier alpha value is -3.46. The molecule has 0 aliphatic heterocycles. The van der Waals surface area contributed by atoms with Gasteiger partial charge in [0, 0.05) is 17.7 Å².